The molecule has 0 radical (unpaired) electrons. The van der Waals surface area contributed by atoms with E-state index in [2.05, 4.69) is 78.9 Å². The first-order valence-corrected chi connectivity index (χ1v) is 9.14. The molecule has 0 aromatic heterocycles. The van der Waals surface area contributed by atoms with Crippen LogP contribution < -0.4 is 0 Å². The van der Waals surface area contributed by atoms with Gasteiger partial charge in [-0.05, 0) is 40.2 Å². The third-order valence-electron chi connectivity index (χ3n) is 5.25. The van der Waals surface area contributed by atoms with Gasteiger partial charge < -0.3 is 0 Å². The zero-order valence-corrected chi connectivity index (χ0v) is 14.1. The Morgan fingerprint density at radius 1 is 0.625 bits per heavy atom. The summed E-state index contributed by atoms with van der Waals surface area (Å²) in [6.45, 7) is 0. The summed E-state index contributed by atoms with van der Waals surface area (Å²) in [6.07, 6.45) is 6.87. The Balaban J connectivity index is 1.76. The average molecular weight is 312 g/mol. The van der Waals surface area contributed by atoms with E-state index in [9.17, 15) is 0 Å². The highest BCUT2D eigenvalue weighted by molar-refractivity contribution is 5.83. The molecule has 120 valence electrons. The lowest BCUT2D eigenvalue weighted by atomic mass is 9.90. The summed E-state index contributed by atoms with van der Waals surface area (Å²) in [4.78, 5) is 0. The van der Waals surface area contributed by atoms with Gasteiger partial charge in [-0.15, -0.1) is 0 Å². The van der Waals surface area contributed by atoms with Crippen LogP contribution in [0.4, 0.5) is 0 Å². The number of benzene rings is 3. The Bertz CT molecular complexity index is 781. The fourth-order valence-electron chi connectivity index (χ4n) is 3.99. The van der Waals surface area contributed by atoms with E-state index in [1.54, 1.807) is 0 Å². The molecule has 1 aliphatic carbocycles. The minimum Gasteiger partial charge on any atom is -0.0622 e. The zero-order valence-electron chi connectivity index (χ0n) is 14.1. The van der Waals surface area contributed by atoms with Gasteiger partial charge in [-0.2, -0.15) is 0 Å². The molecule has 0 N–H and O–H groups in total. The van der Waals surface area contributed by atoms with E-state index in [0.717, 1.165) is 5.92 Å². The van der Waals surface area contributed by atoms with Gasteiger partial charge in [0.2, 0.25) is 0 Å². The largest absolute Gasteiger partial charge is 0.0622 e. The van der Waals surface area contributed by atoms with Gasteiger partial charge in [-0.25, -0.2) is 0 Å². The van der Waals surface area contributed by atoms with Crippen molar-refractivity contribution in [2.75, 3.05) is 0 Å². The molecule has 0 atom stereocenters. The SMILES string of the molecule is c1ccc(-c2ccc(CC3CCCC3)cc2-c2ccccc2)cc1. The second-order valence-corrected chi connectivity index (χ2v) is 6.97. The quantitative estimate of drug-likeness (QED) is 0.499. The molecular weight excluding hydrogens is 288 g/mol. The van der Waals surface area contributed by atoms with Crippen molar-refractivity contribution in [3.8, 4) is 22.3 Å². The summed E-state index contributed by atoms with van der Waals surface area (Å²) >= 11 is 0. The van der Waals surface area contributed by atoms with Crippen molar-refractivity contribution in [3.05, 3.63) is 84.4 Å². The third kappa shape index (κ3) is 3.28. The van der Waals surface area contributed by atoms with Gasteiger partial charge in [0.25, 0.3) is 0 Å². The minimum atomic E-state index is 0.885. The molecule has 0 spiro atoms. The van der Waals surface area contributed by atoms with Crippen molar-refractivity contribution >= 4 is 0 Å². The average Bonchev–Trinajstić information content (AvgIpc) is 3.16. The zero-order chi connectivity index (χ0) is 16.2. The fraction of sp³-hybridized carbons (Fsp3) is 0.250. The lowest BCUT2D eigenvalue weighted by molar-refractivity contribution is 0.546. The second kappa shape index (κ2) is 7.05. The van der Waals surface area contributed by atoms with Crippen LogP contribution in [0.5, 0.6) is 0 Å². The standard InChI is InChI=1S/C24H24/c1-3-11-21(12-4-1)23-16-15-20(17-19-9-7-8-10-19)18-24(23)22-13-5-2-6-14-22/h1-6,11-16,18-19H,7-10,17H2. The molecule has 24 heavy (non-hydrogen) atoms. The van der Waals surface area contributed by atoms with Crippen LogP contribution in [0.3, 0.4) is 0 Å². The molecule has 0 heterocycles. The van der Waals surface area contributed by atoms with Crippen molar-refractivity contribution in [2.24, 2.45) is 5.92 Å². The van der Waals surface area contributed by atoms with E-state index in [1.165, 1.54) is 59.9 Å². The molecular formula is C24H24. The predicted octanol–water partition coefficient (Wildman–Crippen LogP) is 6.75. The first-order chi connectivity index (χ1) is 11.9. The molecule has 1 fully saturated rings. The molecule has 3 aromatic rings. The molecule has 0 unspecified atom stereocenters. The van der Waals surface area contributed by atoms with Gasteiger partial charge in [-0.3, -0.25) is 0 Å². The van der Waals surface area contributed by atoms with E-state index in [1.807, 2.05) is 0 Å². The number of hydrogen-bond donors (Lipinski definition) is 0. The normalized spacial score (nSPS) is 14.8. The van der Waals surface area contributed by atoms with Crippen LogP contribution in [0.2, 0.25) is 0 Å². The van der Waals surface area contributed by atoms with Crippen LogP contribution in [0.15, 0.2) is 78.9 Å². The van der Waals surface area contributed by atoms with Crippen LogP contribution >= 0.6 is 0 Å². The maximum atomic E-state index is 2.43. The highest BCUT2D eigenvalue weighted by Crippen LogP contribution is 2.35. The van der Waals surface area contributed by atoms with E-state index in [0.29, 0.717) is 0 Å². The van der Waals surface area contributed by atoms with Gasteiger partial charge in [0, 0.05) is 0 Å². The smallest absolute Gasteiger partial charge is 0.0103 e. The highest BCUT2D eigenvalue weighted by atomic mass is 14.2. The Morgan fingerprint density at radius 2 is 1.21 bits per heavy atom. The number of rotatable bonds is 4. The topological polar surface area (TPSA) is 0 Å². The van der Waals surface area contributed by atoms with Crippen LogP contribution in [0, 0.1) is 5.92 Å². The van der Waals surface area contributed by atoms with Crippen molar-refractivity contribution in [1.82, 2.24) is 0 Å². The lowest BCUT2D eigenvalue weighted by Gasteiger charge is -2.15. The van der Waals surface area contributed by atoms with Crippen molar-refractivity contribution in [1.29, 1.82) is 0 Å². The summed E-state index contributed by atoms with van der Waals surface area (Å²) in [5.41, 5.74) is 6.78. The first-order valence-electron chi connectivity index (χ1n) is 9.14. The molecule has 0 heteroatoms. The van der Waals surface area contributed by atoms with Gasteiger partial charge in [0.05, 0.1) is 0 Å². The molecule has 0 nitrogen and oxygen atoms in total. The molecule has 0 amide bonds. The molecule has 0 saturated heterocycles. The molecule has 1 saturated carbocycles. The summed E-state index contributed by atoms with van der Waals surface area (Å²) in [7, 11) is 0. The van der Waals surface area contributed by atoms with E-state index >= 15 is 0 Å². The van der Waals surface area contributed by atoms with Crippen LogP contribution in [-0.2, 0) is 6.42 Å². The Labute approximate surface area is 145 Å². The first kappa shape index (κ1) is 15.2. The molecule has 4 rings (SSSR count). The molecule has 1 aliphatic rings. The van der Waals surface area contributed by atoms with Gasteiger partial charge in [0.1, 0.15) is 0 Å². The molecule has 3 aromatic carbocycles. The van der Waals surface area contributed by atoms with Crippen molar-refractivity contribution < 1.29 is 0 Å². The third-order valence-corrected chi connectivity index (χ3v) is 5.25. The molecule has 0 aliphatic heterocycles. The van der Waals surface area contributed by atoms with Crippen molar-refractivity contribution in [2.45, 2.75) is 32.1 Å². The molecule has 0 bridgehead atoms. The van der Waals surface area contributed by atoms with E-state index in [4.69, 9.17) is 0 Å². The Kier molecular flexibility index (Phi) is 4.46. The lowest BCUT2D eigenvalue weighted by Crippen LogP contribution is -1.99. The Hall–Kier alpha value is -2.34. The van der Waals surface area contributed by atoms with Crippen LogP contribution in [-0.4, -0.2) is 0 Å². The summed E-state index contributed by atoms with van der Waals surface area (Å²) in [6, 6.07) is 28.6. The summed E-state index contributed by atoms with van der Waals surface area (Å²) in [5.74, 6) is 0.885. The van der Waals surface area contributed by atoms with Crippen LogP contribution in [0.25, 0.3) is 22.3 Å². The van der Waals surface area contributed by atoms with Crippen LogP contribution in [0.1, 0.15) is 31.2 Å². The second-order valence-electron chi connectivity index (χ2n) is 6.97. The summed E-state index contributed by atoms with van der Waals surface area (Å²) < 4.78 is 0. The number of hydrogen-bond acceptors (Lipinski definition) is 0. The maximum absolute atomic E-state index is 2.43. The summed E-state index contributed by atoms with van der Waals surface area (Å²) in [5, 5.41) is 0. The minimum absolute atomic E-state index is 0.885. The van der Waals surface area contributed by atoms with Gasteiger partial charge >= 0.3 is 0 Å². The highest BCUT2D eigenvalue weighted by Gasteiger charge is 2.16. The maximum Gasteiger partial charge on any atom is -0.0103 e. The predicted molar refractivity (Wildman–Crippen MR) is 103 cm³/mol. The van der Waals surface area contributed by atoms with E-state index in [-0.39, 0.29) is 0 Å². The van der Waals surface area contributed by atoms with Gasteiger partial charge in [-0.1, -0.05) is 105 Å². The Morgan fingerprint density at radius 3 is 1.83 bits per heavy atom. The van der Waals surface area contributed by atoms with E-state index < -0.39 is 0 Å². The monoisotopic (exact) mass is 312 g/mol. The van der Waals surface area contributed by atoms with Crippen molar-refractivity contribution in [3.63, 3.8) is 0 Å². The fourth-order valence-corrected chi connectivity index (χ4v) is 3.99. The van der Waals surface area contributed by atoms with Gasteiger partial charge in [0.15, 0.2) is 0 Å².